The summed E-state index contributed by atoms with van der Waals surface area (Å²) in [6.45, 7) is 2.35. The van der Waals surface area contributed by atoms with Gasteiger partial charge in [-0.2, -0.15) is 5.10 Å². The standard InChI is InChI=1S/C18H16N6/c1-2-6-17-15(5-1)21-12-23(17)18-14-9-20-10-16(14)22-24(18)11-13-4-3-7-19-8-13/h1-8,12,20H,9-11H2. The molecule has 1 N–H and O–H groups in total. The van der Waals surface area contributed by atoms with Crippen LogP contribution in [0.3, 0.4) is 0 Å². The lowest BCUT2D eigenvalue weighted by atomic mass is 10.2. The lowest BCUT2D eigenvalue weighted by Gasteiger charge is -2.11. The van der Waals surface area contributed by atoms with Crippen LogP contribution in [0.1, 0.15) is 16.8 Å². The average Bonchev–Trinajstić information content (AvgIpc) is 3.30. The van der Waals surface area contributed by atoms with E-state index in [0.717, 1.165) is 41.2 Å². The Hall–Kier alpha value is -2.99. The number of aromatic nitrogens is 5. The van der Waals surface area contributed by atoms with Crippen molar-refractivity contribution in [3.05, 3.63) is 71.9 Å². The van der Waals surface area contributed by atoms with Gasteiger partial charge in [-0.25, -0.2) is 9.67 Å². The van der Waals surface area contributed by atoms with Gasteiger partial charge in [0.1, 0.15) is 12.1 Å². The topological polar surface area (TPSA) is 60.6 Å². The van der Waals surface area contributed by atoms with Crippen molar-refractivity contribution in [3.63, 3.8) is 0 Å². The SMILES string of the molecule is c1cncc(Cn2nc3c(c2-n2cnc4ccccc42)CNC3)c1. The van der Waals surface area contributed by atoms with Crippen molar-refractivity contribution in [2.75, 3.05) is 0 Å². The summed E-state index contributed by atoms with van der Waals surface area (Å²) in [4.78, 5) is 8.75. The van der Waals surface area contributed by atoms with Crippen LogP contribution in [0.5, 0.6) is 0 Å². The monoisotopic (exact) mass is 316 g/mol. The number of benzene rings is 1. The summed E-state index contributed by atoms with van der Waals surface area (Å²) in [5, 5.41) is 8.21. The highest BCUT2D eigenvalue weighted by atomic mass is 15.4. The lowest BCUT2D eigenvalue weighted by molar-refractivity contribution is 0.627. The van der Waals surface area contributed by atoms with Gasteiger partial charge < -0.3 is 5.32 Å². The molecule has 6 heteroatoms. The van der Waals surface area contributed by atoms with Gasteiger partial charge in [-0.05, 0) is 23.8 Å². The number of pyridine rings is 1. The molecule has 0 saturated carbocycles. The molecule has 0 spiro atoms. The van der Waals surface area contributed by atoms with Gasteiger partial charge in [-0.3, -0.25) is 9.55 Å². The van der Waals surface area contributed by atoms with E-state index in [1.807, 2.05) is 36.8 Å². The summed E-state index contributed by atoms with van der Waals surface area (Å²) in [5.74, 6) is 1.09. The first-order chi connectivity index (χ1) is 11.9. The molecule has 4 heterocycles. The predicted molar refractivity (Wildman–Crippen MR) is 90.7 cm³/mol. The fraction of sp³-hybridized carbons (Fsp3) is 0.167. The van der Waals surface area contributed by atoms with E-state index in [9.17, 15) is 0 Å². The van der Waals surface area contributed by atoms with E-state index in [1.165, 1.54) is 5.56 Å². The molecule has 1 aliphatic heterocycles. The first-order valence-corrected chi connectivity index (χ1v) is 8.01. The molecule has 24 heavy (non-hydrogen) atoms. The molecule has 1 aliphatic rings. The number of hydrogen-bond donors (Lipinski definition) is 1. The smallest absolute Gasteiger partial charge is 0.141 e. The molecule has 0 fully saturated rings. The maximum absolute atomic E-state index is 4.83. The largest absolute Gasteiger partial charge is 0.307 e. The van der Waals surface area contributed by atoms with Crippen LogP contribution in [0.4, 0.5) is 0 Å². The molecule has 118 valence electrons. The van der Waals surface area contributed by atoms with E-state index in [0.29, 0.717) is 6.54 Å². The minimum Gasteiger partial charge on any atom is -0.307 e. The highest BCUT2D eigenvalue weighted by Crippen LogP contribution is 2.27. The van der Waals surface area contributed by atoms with Crippen molar-refractivity contribution in [1.82, 2.24) is 29.6 Å². The van der Waals surface area contributed by atoms with Crippen molar-refractivity contribution < 1.29 is 0 Å². The molecule has 5 rings (SSSR count). The zero-order chi connectivity index (χ0) is 15.9. The molecular weight excluding hydrogens is 300 g/mol. The molecule has 0 unspecified atom stereocenters. The van der Waals surface area contributed by atoms with Gasteiger partial charge in [-0.1, -0.05) is 18.2 Å². The van der Waals surface area contributed by atoms with Crippen LogP contribution in [0.2, 0.25) is 0 Å². The Morgan fingerprint density at radius 3 is 2.96 bits per heavy atom. The lowest BCUT2D eigenvalue weighted by Crippen LogP contribution is -2.13. The molecule has 0 aliphatic carbocycles. The Bertz CT molecular complexity index is 1010. The summed E-state index contributed by atoms with van der Waals surface area (Å²) in [6, 6.07) is 12.2. The summed E-state index contributed by atoms with van der Waals surface area (Å²) in [5.41, 5.74) is 5.59. The van der Waals surface area contributed by atoms with Crippen LogP contribution in [0, 0.1) is 0 Å². The minimum absolute atomic E-state index is 0.697. The maximum Gasteiger partial charge on any atom is 0.141 e. The van der Waals surface area contributed by atoms with Gasteiger partial charge in [0.15, 0.2) is 0 Å². The van der Waals surface area contributed by atoms with Crippen molar-refractivity contribution >= 4 is 11.0 Å². The molecule has 0 amide bonds. The normalized spacial score (nSPS) is 13.5. The van der Waals surface area contributed by atoms with Crippen molar-refractivity contribution in [2.45, 2.75) is 19.6 Å². The Morgan fingerprint density at radius 1 is 1.08 bits per heavy atom. The van der Waals surface area contributed by atoms with E-state index in [-0.39, 0.29) is 0 Å². The van der Waals surface area contributed by atoms with Gasteiger partial charge in [-0.15, -0.1) is 0 Å². The second-order valence-corrected chi connectivity index (χ2v) is 5.97. The fourth-order valence-electron chi connectivity index (χ4n) is 3.34. The molecule has 0 atom stereocenters. The average molecular weight is 316 g/mol. The number of nitrogens with zero attached hydrogens (tertiary/aromatic N) is 5. The number of para-hydroxylation sites is 2. The van der Waals surface area contributed by atoms with Crippen molar-refractivity contribution in [1.29, 1.82) is 0 Å². The van der Waals surface area contributed by atoms with E-state index < -0.39 is 0 Å². The molecular formula is C18H16N6. The Labute approximate surface area is 138 Å². The zero-order valence-electron chi connectivity index (χ0n) is 13.1. The molecule has 6 nitrogen and oxygen atoms in total. The Kier molecular flexibility index (Phi) is 2.96. The van der Waals surface area contributed by atoms with Gasteiger partial charge in [0.05, 0.1) is 23.3 Å². The minimum atomic E-state index is 0.697. The number of rotatable bonds is 3. The number of nitrogens with one attached hydrogen (secondary N) is 1. The third-order valence-electron chi connectivity index (χ3n) is 4.44. The summed E-state index contributed by atoms with van der Waals surface area (Å²) in [7, 11) is 0. The van der Waals surface area contributed by atoms with Gasteiger partial charge in [0, 0.05) is 31.0 Å². The van der Waals surface area contributed by atoms with E-state index in [1.54, 1.807) is 6.20 Å². The number of imidazole rings is 1. The van der Waals surface area contributed by atoms with Crippen LogP contribution in [-0.2, 0) is 19.6 Å². The number of fused-ring (bicyclic) bond motifs is 2. The van der Waals surface area contributed by atoms with Crippen LogP contribution in [0.25, 0.3) is 16.9 Å². The highest BCUT2D eigenvalue weighted by Gasteiger charge is 2.24. The number of hydrogen-bond acceptors (Lipinski definition) is 4. The van der Waals surface area contributed by atoms with Crippen LogP contribution >= 0.6 is 0 Å². The Morgan fingerprint density at radius 2 is 2.04 bits per heavy atom. The third-order valence-corrected chi connectivity index (χ3v) is 4.44. The summed E-state index contributed by atoms with van der Waals surface area (Å²) >= 11 is 0. The molecule has 3 aromatic heterocycles. The maximum atomic E-state index is 4.83. The Balaban J connectivity index is 1.69. The van der Waals surface area contributed by atoms with Crippen LogP contribution in [-0.4, -0.2) is 24.3 Å². The summed E-state index contributed by atoms with van der Waals surface area (Å²) in [6.07, 6.45) is 5.57. The first-order valence-electron chi connectivity index (χ1n) is 8.01. The van der Waals surface area contributed by atoms with E-state index in [2.05, 4.69) is 36.7 Å². The quantitative estimate of drug-likeness (QED) is 0.630. The van der Waals surface area contributed by atoms with E-state index >= 15 is 0 Å². The highest BCUT2D eigenvalue weighted by molar-refractivity contribution is 5.77. The van der Waals surface area contributed by atoms with Crippen molar-refractivity contribution in [2.24, 2.45) is 0 Å². The van der Waals surface area contributed by atoms with E-state index in [4.69, 9.17) is 5.10 Å². The molecule has 0 radical (unpaired) electrons. The van der Waals surface area contributed by atoms with Crippen molar-refractivity contribution in [3.8, 4) is 5.82 Å². The van der Waals surface area contributed by atoms with Gasteiger partial charge in [0.25, 0.3) is 0 Å². The second-order valence-electron chi connectivity index (χ2n) is 5.97. The van der Waals surface area contributed by atoms with Crippen LogP contribution < -0.4 is 5.32 Å². The molecule has 0 bridgehead atoms. The zero-order valence-corrected chi connectivity index (χ0v) is 13.1. The molecule has 1 aromatic carbocycles. The predicted octanol–water partition coefficient (Wildman–Crippen LogP) is 2.27. The van der Waals surface area contributed by atoms with Gasteiger partial charge in [0.2, 0.25) is 0 Å². The molecule has 4 aromatic rings. The van der Waals surface area contributed by atoms with Gasteiger partial charge >= 0.3 is 0 Å². The first kappa shape index (κ1) is 13.4. The third kappa shape index (κ3) is 2.04. The summed E-state index contributed by atoms with van der Waals surface area (Å²) < 4.78 is 4.21. The second kappa shape index (κ2) is 5.28. The fourth-order valence-corrected chi connectivity index (χ4v) is 3.34. The van der Waals surface area contributed by atoms with Crippen LogP contribution in [0.15, 0.2) is 55.1 Å². The molecule has 0 saturated heterocycles.